The number of nitrogens with two attached hydrogens (primary N) is 1. The molecule has 0 unspecified atom stereocenters. The van der Waals surface area contributed by atoms with Crippen LogP contribution in [-0.4, -0.2) is 33.5 Å². The summed E-state index contributed by atoms with van der Waals surface area (Å²) in [5.41, 5.74) is 1.08. The summed E-state index contributed by atoms with van der Waals surface area (Å²) in [6.07, 6.45) is -1.00. The Balaban J connectivity index is 1.89. The Hall–Kier alpha value is -2.91. The number of carbonyl (C=O) groups excluding carboxylic acids is 2. The fraction of sp³-hybridized carbons (Fsp3) is 0.222. The normalized spacial score (nSPS) is 12.1. The third kappa shape index (κ3) is 6.08. The van der Waals surface area contributed by atoms with Crippen LogP contribution in [0.5, 0.6) is 5.75 Å². The minimum absolute atomic E-state index is 0.0185. The van der Waals surface area contributed by atoms with Crippen LogP contribution < -0.4 is 15.2 Å². The molecule has 2 rings (SSSR count). The van der Waals surface area contributed by atoms with Crippen molar-refractivity contribution in [2.75, 3.05) is 12.4 Å². The van der Waals surface area contributed by atoms with Gasteiger partial charge in [-0.05, 0) is 48.9 Å². The summed E-state index contributed by atoms with van der Waals surface area (Å²) in [6, 6.07) is 12.2. The molecule has 2 aromatic rings. The van der Waals surface area contributed by atoms with Gasteiger partial charge in [0.15, 0.2) is 6.10 Å². The highest BCUT2D eigenvalue weighted by atomic mass is 32.2. The number of sulfonamides is 1. The van der Waals surface area contributed by atoms with Gasteiger partial charge in [0.05, 0.1) is 18.4 Å². The topological polar surface area (TPSA) is 125 Å². The Morgan fingerprint density at radius 2 is 1.67 bits per heavy atom. The van der Waals surface area contributed by atoms with Gasteiger partial charge in [0, 0.05) is 5.69 Å². The molecule has 27 heavy (non-hydrogen) atoms. The van der Waals surface area contributed by atoms with Crippen LogP contribution in [0.25, 0.3) is 0 Å². The summed E-state index contributed by atoms with van der Waals surface area (Å²) < 4.78 is 32.6. The lowest BCUT2D eigenvalue weighted by molar-refractivity contribution is -0.152. The SMILES string of the molecule is COc1ccc(CC(=O)O[C@H](C)C(=O)Nc2ccc(S(N)(=O)=O)cc2)cc1. The zero-order chi connectivity index (χ0) is 20.0. The average Bonchev–Trinajstić information content (AvgIpc) is 2.62. The van der Waals surface area contributed by atoms with E-state index in [0.29, 0.717) is 11.4 Å². The Bertz CT molecular complexity index is 908. The maximum Gasteiger partial charge on any atom is 0.311 e. The molecule has 0 saturated heterocycles. The summed E-state index contributed by atoms with van der Waals surface area (Å²) in [5.74, 6) is -0.415. The van der Waals surface area contributed by atoms with Crippen LogP contribution in [0.4, 0.5) is 5.69 Å². The monoisotopic (exact) mass is 392 g/mol. The molecular weight excluding hydrogens is 372 g/mol. The lowest BCUT2D eigenvalue weighted by Gasteiger charge is -2.14. The maximum atomic E-state index is 12.1. The van der Waals surface area contributed by atoms with Crippen LogP contribution in [-0.2, 0) is 30.8 Å². The van der Waals surface area contributed by atoms with Crippen molar-refractivity contribution in [2.45, 2.75) is 24.3 Å². The first-order chi connectivity index (χ1) is 12.7. The number of amides is 1. The van der Waals surface area contributed by atoms with Gasteiger partial charge in [0.1, 0.15) is 5.75 Å². The summed E-state index contributed by atoms with van der Waals surface area (Å²) >= 11 is 0. The highest BCUT2D eigenvalue weighted by molar-refractivity contribution is 7.89. The predicted molar refractivity (Wildman–Crippen MR) is 98.7 cm³/mol. The molecule has 0 heterocycles. The van der Waals surface area contributed by atoms with E-state index in [0.717, 1.165) is 5.56 Å². The van der Waals surface area contributed by atoms with Crippen LogP contribution >= 0.6 is 0 Å². The number of methoxy groups -OCH3 is 1. The number of hydrogen-bond acceptors (Lipinski definition) is 6. The van der Waals surface area contributed by atoms with Gasteiger partial charge in [-0.15, -0.1) is 0 Å². The molecule has 2 aromatic carbocycles. The van der Waals surface area contributed by atoms with E-state index < -0.39 is 28.0 Å². The molecule has 3 N–H and O–H groups in total. The first-order valence-corrected chi connectivity index (χ1v) is 9.50. The van der Waals surface area contributed by atoms with E-state index >= 15 is 0 Å². The molecule has 0 aliphatic heterocycles. The van der Waals surface area contributed by atoms with Gasteiger partial charge in [0.25, 0.3) is 5.91 Å². The number of nitrogens with one attached hydrogen (secondary N) is 1. The minimum atomic E-state index is -3.80. The number of hydrogen-bond donors (Lipinski definition) is 2. The molecule has 1 amide bonds. The van der Waals surface area contributed by atoms with E-state index in [-0.39, 0.29) is 11.3 Å². The average molecular weight is 392 g/mol. The molecule has 0 aliphatic rings. The molecule has 0 bridgehead atoms. The molecule has 144 valence electrons. The van der Waals surface area contributed by atoms with E-state index in [1.165, 1.54) is 31.2 Å². The molecule has 0 spiro atoms. The second kappa shape index (κ2) is 8.65. The lowest BCUT2D eigenvalue weighted by Crippen LogP contribution is -2.30. The van der Waals surface area contributed by atoms with Crippen molar-refractivity contribution in [3.63, 3.8) is 0 Å². The van der Waals surface area contributed by atoms with Crippen LogP contribution in [0, 0.1) is 0 Å². The quantitative estimate of drug-likeness (QED) is 0.687. The van der Waals surface area contributed by atoms with Gasteiger partial charge in [-0.1, -0.05) is 12.1 Å². The van der Waals surface area contributed by atoms with Crippen molar-refractivity contribution in [1.82, 2.24) is 0 Å². The lowest BCUT2D eigenvalue weighted by atomic mass is 10.1. The number of primary sulfonamides is 1. The summed E-state index contributed by atoms with van der Waals surface area (Å²) in [6.45, 7) is 1.44. The van der Waals surface area contributed by atoms with Crippen molar-refractivity contribution >= 4 is 27.6 Å². The van der Waals surface area contributed by atoms with E-state index in [4.69, 9.17) is 14.6 Å². The third-order valence-electron chi connectivity index (χ3n) is 3.64. The van der Waals surface area contributed by atoms with E-state index in [2.05, 4.69) is 5.32 Å². The third-order valence-corrected chi connectivity index (χ3v) is 4.56. The first-order valence-electron chi connectivity index (χ1n) is 7.95. The second-order valence-electron chi connectivity index (χ2n) is 5.72. The van der Waals surface area contributed by atoms with Crippen LogP contribution in [0.15, 0.2) is 53.4 Å². The van der Waals surface area contributed by atoms with Gasteiger partial charge in [-0.3, -0.25) is 9.59 Å². The molecule has 0 saturated carbocycles. The van der Waals surface area contributed by atoms with Crippen LogP contribution in [0.3, 0.4) is 0 Å². The predicted octanol–water partition coefficient (Wildman–Crippen LogP) is 1.46. The van der Waals surface area contributed by atoms with Gasteiger partial charge in [0.2, 0.25) is 10.0 Å². The molecule has 1 atom stereocenters. The summed E-state index contributed by atoms with van der Waals surface area (Å²) in [7, 11) is -2.26. The number of benzene rings is 2. The largest absolute Gasteiger partial charge is 0.497 e. The zero-order valence-electron chi connectivity index (χ0n) is 14.8. The number of ether oxygens (including phenoxy) is 2. The summed E-state index contributed by atoms with van der Waals surface area (Å²) in [4.78, 5) is 24.0. The van der Waals surface area contributed by atoms with Gasteiger partial charge in [-0.2, -0.15) is 0 Å². The van der Waals surface area contributed by atoms with Crippen LogP contribution in [0.1, 0.15) is 12.5 Å². The Kier molecular flexibility index (Phi) is 6.54. The number of anilines is 1. The second-order valence-corrected chi connectivity index (χ2v) is 7.28. The minimum Gasteiger partial charge on any atom is -0.497 e. The standard InChI is InChI=1S/C18H20N2O6S/c1-12(26-17(21)11-13-3-7-15(25-2)8-4-13)18(22)20-14-5-9-16(10-6-14)27(19,23)24/h3-10,12H,11H2,1-2H3,(H,20,22)(H2,19,23,24)/t12-/m1/s1. The van der Waals surface area contributed by atoms with Crippen LogP contribution in [0.2, 0.25) is 0 Å². The van der Waals surface area contributed by atoms with Gasteiger partial charge < -0.3 is 14.8 Å². The number of carbonyl (C=O) groups is 2. The fourth-order valence-corrected chi connectivity index (χ4v) is 2.69. The Labute approximate surface area is 157 Å². The molecule has 8 nitrogen and oxygen atoms in total. The molecule has 0 fully saturated rings. The van der Waals surface area contributed by atoms with E-state index in [9.17, 15) is 18.0 Å². The number of rotatable bonds is 7. The van der Waals surface area contributed by atoms with Gasteiger partial charge >= 0.3 is 5.97 Å². The summed E-state index contributed by atoms with van der Waals surface area (Å²) in [5, 5.41) is 7.55. The van der Waals surface area contributed by atoms with Crippen molar-refractivity contribution in [1.29, 1.82) is 0 Å². The first kappa shape index (κ1) is 20.4. The van der Waals surface area contributed by atoms with E-state index in [1.54, 1.807) is 31.4 Å². The Morgan fingerprint density at radius 1 is 1.07 bits per heavy atom. The molecule has 0 aromatic heterocycles. The fourth-order valence-electron chi connectivity index (χ4n) is 2.17. The zero-order valence-corrected chi connectivity index (χ0v) is 15.7. The van der Waals surface area contributed by atoms with Crippen molar-refractivity contribution in [2.24, 2.45) is 5.14 Å². The van der Waals surface area contributed by atoms with Crippen molar-refractivity contribution in [3.05, 3.63) is 54.1 Å². The molecule has 0 aliphatic carbocycles. The molecular formula is C18H20N2O6S. The van der Waals surface area contributed by atoms with Crippen molar-refractivity contribution < 1.29 is 27.5 Å². The Morgan fingerprint density at radius 3 is 2.19 bits per heavy atom. The van der Waals surface area contributed by atoms with Gasteiger partial charge in [-0.25, -0.2) is 13.6 Å². The maximum absolute atomic E-state index is 12.1. The molecule has 0 radical (unpaired) electrons. The van der Waals surface area contributed by atoms with Crippen molar-refractivity contribution in [3.8, 4) is 5.75 Å². The molecule has 9 heteroatoms. The van der Waals surface area contributed by atoms with E-state index in [1.807, 2.05) is 0 Å². The number of esters is 1. The smallest absolute Gasteiger partial charge is 0.311 e. The highest BCUT2D eigenvalue weighted by Gasteiger charge is 2.18. The highest BCUT2D eigenvalue weighted by Crippen LogP contribution is 2.14.